The SMILES string of the molecule is COc1ccc(C=NNC(=O)CNc2n[nH]c(=O)[nH]c2=O)cc1O. The predicted molar refractivity (Wildman–Crippen MR) is 84.4 cm³/mol. The summed E-state index contributed by atoms with van der Waals surface area (Å²) in [4.78, 5) is 35.7. The average molecular weight is 334 g/mol. The molecule has 126 valence electrons. The van der Waals surface area contributed by atoms with Gasteiger partial charge in [-0.05, 0) is 23.8 Å². The first-order valence-electron chi connectivity index (χ1n) is 6.61. The van der Waals surface area contributed by atoms with Crippen molar-refractivity contribution >= 4 is 17.9 Å². The molecule has 0 aliphatic carbocycles. The maximum absolute atomic E-state index is 11.6. The molecule has 0 radical (unpaired) electrons. The number of hydrogen-bond donors (Lipinski definition) is 5. The summed E-state index contributed by atoms with van der Waals surface area (Å²) in [6.45, 7) is -0.284. The third kappa shape index (κ3) is 4.43. The number of methoxy groups -OCH3 is 1. The highest BCUT2D eigenvalue weighted by Gasteiger charge is 2.05. The fourth-order valence-electron chi connectivity index (χ4n) is 1.64. The van der Waals surface area contributed by atoms with Crippen molar-refractivity contribution in [3.05, 3.63) is 44.6 Å². The minimum Gasteiger partial charge on any atom is -0.504 e. The van der Waals surface area contributed by atoms with E-state index in [1.165, 1.54) is 19.4 Å². The number of phenols is 1. The lowest BCUT2D eigenvalue weighted by Crippen LogP contribution is -2.31. The number of hydrogen-bond acceptors (Lipinski definition) is 8. The Morgan fingerprint density at radius 3 is 2.92 bits per heavy atom. The summed E-state index contributed by atoms with van der Waals surface area (Å²) in [5.41, 5.74) is 1.27. The summed E-state index contributed by atoms with van der Waals surface area (Å²) >= 11 is 0. The molecular weight excluding hydrogens is 320 g/mol. The Bertz CT molecular complexity index is 872. The number of hydrazone groups is 1. The van der Waals surface area contributed by atoms with Crippen LogP contribution in [-0.4, -0.2) is 46.1 Å². The number of rotatable bonds is 6. The van der Waals surface area contributed by atoms with Gasteiger partial charge in [0.1, 0.15) is 0 Å². The molecule has 0 spiro atoms. The first kappa shape index (κ1) is 16.7. The molecule has 1 aromatic carbocycles. The van der Waals surface area contributed by atoms with Crippen molar-refractivity contribution in [2.24, 2.45) is 5.10 Å². The molecule has 0 aliphatic rings. The fourth-order valence-corrected chi connectivity index (χ4v) is 1.64. The minimum atomic E-state index is -0.748. The second-order valence-corrected chi connectivity index (χ2v) is 4.43. The zero-order chi connectivity index (χ0) is 17.5. The van der Waals surface area contributed by atoms with Crippen molar-refractivity contribution in [3.8, 4) is 11.5 Å². The lowest BCUT2D eigenvalue weighted by molar-refractivity contribution is -0.119. The van der Waals surface area contributed by atoms with Gasteiger partial charge in [0.2, 0.25) is 5.82 Å². The van der Waals surface area contributed by atoms with Crippen LogP contribution in [0.2, 0.25) is 0 Å². The van der Waals surface area contributed by atoms with E-state index in [1.807, 2.05) is 10.1 Å². The van der Waals surface area contributed by atoms with Gasteiger partial charge in [-0.2, -0.15) is 5.10 Å². The monoisotopic (exact) mass is 334 g/mol. The Hall–Kier alpha value is -3.63. The van der Waals surface area contributed by atoms with Crippen molar-refractivity contribution in [2.45, 2.75) is 0 Å². The Morgan fingerprint density at radius 1 is 1.46 bits per heavy atom. The molecule has 0 unspecified atom stereocenters. The number of amides is 1. The summed E-state index contributed by atoms with van der Waals surface area (Å²) in [7, 11) is 1.43. The second kappa shape index (κ2) is 7.58. The lowest BCUT2D eigenvalue weighted by atomic mass is 10.2. The topological polar surface area (TPSA) is 162 Å². The largest absolute Gasteiger partial charge is 0.504 e. The van der Waals surface area contributed by atoms with Gasteiger partial charge < -0.3 is 15.2 Å². The smallest absolute Gasteiger partial charge is 0.342 e. The molecule has 0 atom stereocenters. The van der Waals surface area contributed by atoms with E-state index in [-0.39, 0.29) is 18.1 Å². The highest BCUT2D eigenvalue weighted by Crippen LogP contribution is 2.25. The molecule has 0 bridgehead atoms. The van der Waals surface area contributed by atoms with E-state index in [4.69, 9.17) is 4.74 Å². The maximum atomic E-state index is 11.6. The van der Waals surface area contributed by atoms with Crippen LogP contribution in [0.1, 0.15) is 5.56 Å². The third-order valence-corrected chi connectivity index (χ3v) is 2.73. The van der Waals surface area contributed by atoms with Crippen molar-refractivity contribution in [1.82, 2.24) is 20.6 Å². The quantitative estimate of drug-likeness (QED) is 0.325. The summed E-state index contributed by atoms with van der Waals surface area (Å²) in [6, 6.07) is 4.60. The molecule has 0 aliphatic heterocycles. The lowest BCUT2D eigenvalue weighted by Gasteiger charge is -2.04. The predicted octanol–water partition coefficient (Wildman–Crippen LogP) is -1.27. The highest BCUT2D eigenvalue weighted by molar-refractivity contribution is 5.84. The number of nitrogens with zero attached hydrogens (tertiary/aromatic N) is 2. The normalized spacial score (nSPS) is 10.5. The summed E-state index contributed by atoms with van der Waals surface area (Å²) in [6.07, 6.45) is 1.32. The Morgan fingerprint density at radius 2 is 2.25 bits per heavy atom. The molecular formula is C13H14N6O5. The van der Waals surface area contributed by atoms with Crippen LogP contribution in [0, 0.1) is 0 Å². The second-order valence-electron chi connectivity index (χ2n) is 4.43. The van der Waals surface area contributed by atoms with Gasteiger partial charge in [0.25, 0.3) is 11.5 Å². The van der Waals surface area contributed by atoms with Gasteiger partial charge in [0.15, 0.2) is 11.5 Å². The molecule has 11 nitrogen and oxygen atoms in total. The number of H-pyrrole nitrogens is 2. The molecule has 11 heteroatoms. The van der Waals surface area contributed by atoms with Crippen LogP contribution in [0.25, 0.3) is 0 Å². The first-order chi connectivity index (χ1) is 11.5. The summed E-state index contributed by atoms with van der Waals surface area (Å²) in [5.74, 6) is -0.484. The first-order valence-corrected chi connectivity index (χ1v) is 6.61. The number of ether oxygens (including phenoxy) is 1. The third-order valence-electron chi connectivity index (χ3n) is 2.73. The molecule has 0 saturated heterocycles. The highest BCUT2D eigenvalue weighted by atomic mass is 16.5. The van der Waals surface area contributed by atoms with Crippen LogP contribution in [-0.2, 0) is 4.79 Å². The fraction of sp³-hybridized carbons (Fsp3) is 0.154. The zero-order valence-electron chi connectivity index (χ0n) is 12.5. The van der Waals surface area contributed by atoms with Crippen LogP contribution in [0.4, 0.5) is 5.82 Å². The van der Waals surface area contributed by atoms with Gasteiger partial charge in [-0.1, -0.05) is 0 Å². The molecule has 5 N–H and O–H groups in total. The molecule has 1 amide bonds. The van der Waals surface area contributed by atoms with Crippen molar-refractivity contribution in [1.29, 1.82) is 0 Å². The van der Waals surface area contributed by atoms with Gasteiger partial charge in [0, 0.05) is 0 Å². The van der Waals surface area contributed by atoms with E-state index in [1.54, 1.807) is 12.1 Å². The number of anilines is 1. The van der Waals surface area contributed by atoms with E-state index in [9.17, 15) is 19.5 Å². The van der Waals surface area contributed by atoms with Crippen molar-refractivity contribution < 1.29 is 14.6 Å². The van der Waals surface area contributed by atoms with E-state index < -0.39 is 17.2 Å². The standard InChI is InChI=1S/C13H14N6O5/c1-24-9-3-2-7(4-8(9)20)5-15-17-10(21)6-14-11-12(22)16-13(23)19-18-11/h2-5,20H,6H2,1H3,(H,14,18)(H,17,21)(H2,16,19,22,23). The molecule has 0 saturated carbocycles. The Balaban J connectivity index is 1.87. The number of carbonyl (C=O) groups is 1. The number of phenolic OH excluding ortho intramolecular Hbond substituents is 1. The molecule has 24 heavy (non-hydrogen) atoms. The van der Waals surface area contributed by atoms with Crippen molar-refractivity contribution in [2.75, 3.05) is 19.0 Å². The van der Waals surface area contributed by atoms with E-state index >= 15 is 0 Å². The van der Waals surface area contributed by atoms with Crippen LogP contribution in [0.5, 0.6) is 11.5 Å². The molecule has 0 fully saturated rings. The van der Waals surface area contributed by atoms with Gasteiger partial charge in [-0.3, -0.25) is 14.6 Å². The summed E-state index contributed by atoms with van der Waals surface area (Å²) < 4.78 is 4.91. The number of carbonyl (C=O) groups excluding carboxylic acids is 1. The van der Waals surface area contributed by atoms with E-state index in [2.05, 4.69) is 20.9 Å². The Kier molecular flexibility index (Phi) is 5.28. The molecule has 2 rings (SSSR count). The van der Waals surface area contributed by atoms with Gasteiger partial charge in [0.05, 0.1) is 19.9 Å². The zero-order valence-corrected chi connectivity index (χ0v) is 12.5. The minimum absolute atomic E-state index is 0.0576. The number of aromatic nitrogens is 3. The van der Waals surface area contributed by atoms with E-state index in [0.717, 1.165) is 0 Å². The number of nitrogens with one attached hydrogen (secondary N) is 4. The molecule has 1 aromatic heterocycles. The van der Waals surface area contributed by atoms with Crippen LogP contribution < -0.4 is 26.7 Å². The number of aromatic hydroxyl groups is 1. The molecule has 1 heterocycles. The average Bonchev–Trinajstić information content (AvgIpc) is 2.54. The van der Waals surface area contributed by atoms with Crippen LogP contribution >= 0.6 is 0 Å². The van der Waals surface area contributed by atoms with Gasteiger partial charge in [-0.15, -0.1) is 5.10 Å². The molecule has 2 aromatic rings. The Labute approximate surface area is 134 Å². The number of aromatic amines is 2. The van der Waals surface area contributed by atoms with Gasteiger partial charge in [-0.25, -0.2) is 15.3 Å². The van der Waals surface area contributed by atoms with E-state index in [0.29, 0.717) is 11.3 Å². The van der Waals surface area contributed by atoms with Crippen molar-refractivity contribution in [3.63, 3.8) is 0 Å². The van der Waals surface area contributed by atoms with Crippen LogP contribution in [0.15, 0.2) is 32.9 Å². The summed E-state index contributed by atoms with van der Waals surface area (Å²) in [5, 5.41) is 21.2. The van der Waals surface area contributed by atoms with Crippen LogP contribution in [0.3, 0.4) is 0 Å². The van der Waals surface area contributed by atoms with Gasteiger partial charge >= 0.3 is 5.69 Å². The number of benzene rings is 1. The maximum Gasteiger partial charge on any atom is 0.342 e.